The van der Waals surface area contributed by atoms with E-state index in [1.807, 2.05) is 0 Å². The molecule has 0 aromatic carbocycles. The predicted octanol–water partition coefficient (Wildman–Crippen LogP) is 1.27. The summed E-state index contributed by atoms with van der Waals surface area (Å²) in [4.78, 5) is 3.79. The zero-order valence-electron chi connectivity index (χ0n) is 9.15. The third-order valence-electron chi connectivity index (χ3n) is 2.65. The van der Waals surface area contributed by atoms with Gasteiger partial charge >= 0.3 is 0 Å². The Morgan fingerprint density at radius 2 is 2.24 bits per heavy atom. The summed E-state index contributed by atoms with van der Waals surface area (Å²) in [6, 6.07) is 1.80. The van der Waals surface area contributed by atoms with Crippen LogP contribution in [0.1, 0.15) is 12.8 Å². The van der Waals surface area contributed by atoms with Gasteiger partial charge in [-0.3, -0.25) is 0 Å². The van der Waals surface area contributed by atoms with E-state index in [9.17, 15) is 5.21 Å². The Hall–Kier alpha value is -1.08. The molecule has 6 nitrogen and oxygen atoms in total. The Bertz CT molecular complexity index is 383. The van der Waals surface area contributed by atoms with Crippen molar-refractivity contribution in [2.45, 2.75) is 18.9 Å². The van der Waals surface area contributed by atoms with E-state index in [4.69, 9.17) is 21.5 Å². The second kappa shape index (κ2) is 5.50. The summed E-state index contributed by atoms with van der Waals surface area (Å²) in [5.74, 6) is 0. The van der Waals surface area contributed by atoms with Gasteiger partial charge in [0.1, 0.15) is 10.8 Å². The molecule has 0 atom stereocenters. The highest BCUT2D eigenvalue weighted by molar-refractivity contribution is 6.29. The molecule has 94 valence electrons. The molecule has 1 aliphatic rings. The zero-order chi connectivity index (χ0) is 12.3. The maximum Gasteiger partial charge on any atom is 0.138 e. The number of aromatic nitrogens is 1. The molecule has 17 heavy (non-hydrogen) atoms. The first-order valence-electron chi connectivity index (χ1n) is 5.35. The quantitative estimate of drug-likeness (QED) is 0.502. The molecule has 0 unspecified atom stereocenters. The lowest BCUT2D eigenvalue weighted by Crippen LogP contribution is -2.28. The van der Waals surface area contributed by atoms with Crippen molar-refractivity contribution in [3.63, 3.8) is 0 Å². The molecule has 7 heteroatoms. The van der Waals surface area contributed by atoms with Gasteiger partial charge in [-0.2, -0.15) is 5.23 Å². The van der Waals surface area contributed by atoms with Crippen LogP contribution >= 0.6 is 11.6 Å². The smallest absolute Gasteiger partial charge is 0.138 e. The van der Waals surface area contributed by atoms with Gasteiger partial charge in [0.25, 0.3) is 0 Å². The number of rotatable bonds is 3. The first-order valence-corrected chi connectivity index (χ1v) is 5.73. The fraction of sp³-hybridized carbons (Fsp3) is 0.500. The van der Waals surface area contributed by atoms with E-state index >= 15 is 0 Å². The van der Waals surface area contributed by atoms with Crippen molar-refractivity contribution in [3.05, 3.63) is 22.6 Å². The molecule has 0 saturated carbocycles. The molecule has 0 amide bonds. The minimum absolute atomic E-state index is 0.0327. The molecular weight excluding hydrogens is 246 g/mol. The SMILES string of the molecule is [O-]N([OH2+])c1cnc(Cl)cc1NC1CCOCC1. The van der Waals surface area contributed by atoms with Gasteiger partial charge in [0.15, 0.2) is 0 Å². The summed E-state index contributed by atoms with van der Waals surface area (Å²) in [5, 5.41) is 21.7. The molecule has 0 radical (unpaired) electrons. The van der Waals surface area contributed by atoms with Crippen molar-refractivity contribution < 1.29 is 9.94 Å². The molecule has 1 fully saturated rings. The third kappa shape index (κ3) is 3.19. The Balaban J connectivity index is 2.14. The van der Waals surface area contributed by atoms with Gasteiger partial charge in [-0.05, 0) is 12.8 Å². The summed E-state index contributed by atoms with van der Waals surface area (Å²) in [6.45, 7) is 1.40. The van der Waals surface area contributed by atoms with Gasteiger partial charge in [0.2, 0.25) is 0 Å². The lowest BCUT2D eigenvalue weighted by Gasteiger charge is -2.27. The summed E-state index contributed by atoms with van der Waals surface area (Å²) in [6.07, 6.45) is 3.04. The van der Waals surface area contributed by atoms with E-state index in [2.05, 4.69) is 10.3 Å². The minimum atomic E-state index is 0.0327. The molecule has 0 bridgehead atoms. The number of ether oxygens (including phenoxy) is 1. The fourth-order valence-electron chi connectivity index (χ4n) is 1.76. The van der Waals surface area contributed by atoms with Crippen LogP contribution in [-0.4, -0.2) is 29.4 Å². The monoisotopic (exact) mass is 259 g/mol. The third-order valence-corrected chi connectivity index (χ3v) is 2.86. The first kappa shape index (κ1) is 12.4. The largest absolute Gasteiger partial charge is 0.694 e. The summed E-state index contributed by atoms with van der Waals surface area (Å²) in [7, 11) is 0. The maximum atomic E-state index is 11.1. The Labute approximate surface area is 104 Å². The van der Waals surface area contributed by atoms with Crippen LogP contribution in [0.5, 0.6) is 0 Å². The minimum Gasteiger partial charge on any atom is -0.694 e. The van der Waals surface area contributed by atoms with Crippen molar-refractivity contribution in [1.29, 1.82) is 0 Å². The van der Waals surface area contributed by atoms with Crippen LogP contribution in [-0.2, 0) is 4.74 Å². The van der Waals surface area contributed by atoms with Crippen LogP contribution in [0.25, 0.3) is 0 Å². The van der Waals surface area contributed by atoms with E-state index < -0.39 is 0 Å². The molecule has 1 aromatic rings. The molecular formula is C10H14ClN3O3. The van der Waals surface area contributed by atoms with E-state index in [-0.39, 0.29) is 17.0 Å². The van der Waals surface area contributed by atoms with Gasteiger partial charge in [0, 0.05) is 25.3 Å². The van der Waals surface area contributed by atoms with Gasteiger partial charge in [-0.15, -0.1) is 0 Å². The molecule has 1 aliphatic heterocycles. The number of halogens is 1. The van der Waals surface area contributed by atoms with E-state index in [0.29, 0.717) is 24.1 Å². The fourth-order valence-corrected chi connectivity index (χ4v) is 1.92. The number of hydrogen-bond donors (Lipinski definition) is 1. The number of pyridine rings is 1. The average molecular weight is 260 g/mol. The highest BCUT2D eigenvalue weighted by Gasteiger charge is 2.16. The highest BCUT2D eigenvalue weighted by Crippen LogP contribution is 2.28. The number of anilines is 2. The summed E-state index contributed by atoms with van der Waals surface area (Å²) < 4.78 is 5.25. The van der Waals surface area contributed by atoms with Gasteiger partial charge in [-0.1, -0.05) is 11.6 Å². The topological polar surface area (TPSA) is 83.3 Å². The number of hydrogen-bond acceptors (Lipinski definition) is 5. The molecule has 1 saturated heterocycles. The van der Waals surface area contributed by atoms with E-state index in [1.54, 1.807) is 6.07 Å². The normalized spacial score (nSPS) is 16.9. The lowest BCUT2D eigenvalue weighted by atomic mass is 10.1. The summed E-state index contributed by atoms with van der Waals surface area (Å²) >= 11 is 5.78. The molecule has 2 heterocycles. The molecule has 1 aromatic heterocycles. The van der Waals surface area contributed by atoms with Crippen LogP contribution in [0, 0.1) is 5.21 Å². The van der Waals surface area contributed by atoms with Crippen LogP contribution in [0.4, 0.5) is 11.4 Å². The van der Waals surface area contributed by atoms with Crippen molar-refractivity contribution in [2.75, 3.05) is 23.8 Å². The van der Waals surface area contributed by atoms with Crippen molar-refractivity contribution in [1.82, 2.24) is 4.98 Å². The predicted molar refractivity (Wildman–Crippen MR) is 66.2 cm³/mol. The first-order chi connectivity index (χ1) is 8.16. The Morgan fingerprint density at radius 3 is 2.88 bits per heavy atom. The van der Waals surface area contributed by atoms with Crippen molar-refractivity contribution in [2.24, 2.45) is 0 Å². The zero-order valence-corrected chi connectivity index (χ0v) is 9.91. The molecule has 3 N–H and O–H groups in total. The van der Waals surface area contributed by atoms with Crippen LogP contribution < -0.4 is 10.5 Å². The number of nitrogens with one attached hydrogen (secondary N) is 1. The van der Waals surface area contributed by atoms with Crippen molar-refractivity contribution in [3.8, 4) is 0 Å². The lowest BCUT2D eigenvalue weighted by molar-refractivity contribution is 0.0904. The van der Waals surface area contributed by atoms with Gasteiger partial charge in [0.05, 0.1) is 11.9 Å². The van der Waals surface area contributed by atoms with Crippen LogP contribution in [0.15, 0.2) is 12.3 Å². The standard InChI is InChI=1S/C10H13ClN3O3/c11-10-5-8(9(6-12-10)14(15)16)13-7-1-3-17-4-2-7/h5-7,15H,1-4H2,(H,12,13)/q-1/p+1. The summed E-state index contributed by atoms with van der Waals surface area (Å²) in [5.41, 5.74) is 0.711. The molecule has 0 aliphatic carbocycles. The second-order valence-electron chi connectivity index (χ2n) is 3.85. The van der Waals surface area contributed by atoms with E-state index in [1.165, 1.54) is 6.20 Å². The van der Waals surface area contributed by atoms with Crippen molar-refractivity contribution >= 4 is 23.0 Å². The van der Waals surface area contributed by atoms with Crippen LogP contribution in [0.2, 0.25) is 5.15 Å². The van der Waals surface area contributed by atoms with Gasteiger partial charge < -0.3 is 20.5 Å². The highest BCUT2D eigenvalue weighted by atomic mass is 35.5. The maximum absolute atomic E-state index is 11.1. The Morgan fingerprint density at radius 1 is 1.53 bits per heavy atom. The van der Waals surface area contributed by atoms with Gasteiger partial charge in [-0.25, -0.2) is 4.98 Å². The van der Waals surface area contributed by atoms with Crippen LogP contribution in [0.3, 0.4) is 0 Å². The molecule has 0 spiro atoms. The number of nitrogens with zero attached hydrogens (tertiary/aromatic N) is 2. The Kier molecular flexibility index (Phi) is 4.01. The van der Waals surface area contributed by atoms with E-state index in [0.717, 1.165) is 12.8 Å². The average Bonchev–Trinajstić information content (AvgIpc) is 2.30. The second-order valence-corrected chi connectivity index (χ2v) is 4.24. The molecule has 2 rings (SSSR count).